The third kappa shape index (κ3) is 5.04. The van der Waals surface area contributed by atoms with Crippen molar-refractivity contribution in [3.8, 4) is 27.9 Å². The van der Waals surface area contributed by atoms with Crippen LogP contribution in [-0.4, -0.2) is 32.6 Å². The van der Waals surface area contributed by atoms with E-state index in [4.69, 9.17) is 9.26 Å². The number of anilines is 1. The molecule has 0 saturated carbocycles. The number of benzene rings is 2. The first kappa shape index (κ1) is 22.1. The number of carbonyl (C=O) groups is 1. The monoisotopic (exact) mass is 465 g/mol. The van der Waals surface area contributed by atoms with E-state index in [1.165, 1.54) is 35.6 Å². The number of rotatable bonds is 8. The third-order valence-corrected chi connectivity index (χ3v) is 5.70. The fourth-order valence-electron chi connectivity index (χ4n) is 3.03. The van der Waals surface area contributed by atoms with Gasteiger partial charge in [-0.05, 0) is 31.0 Å². The largest absolute Gasteiger partial charge is 0.484 e. The fraction of sp³-hybridized carbons (Fsp3) is 0.182. The van der Waals surface area contributed by atoms with E-state index in [9.17, 15) is 14.9 Å². The van der Waals surface area contributed by atoms with Gasteiger partial charge in [-0.2, -0.15) is 4.98 Å². The molecule has 33 heavy (non-hydrogen) atoms. The summed E-state index contributed by atoms with van der Waals surface area (Å²) in [6.07, 6.45) is 0.614. The smallest absolute Gasteiger partial charge is 0.270 e. The van der Waals surface area contributed by atoms with Crippen molar-refractivity contribution in [1.29, 1.82) is 0 Å². The van der Waals surface area contributed by atoms with Gasteiger partial charge in [0.25, 0.3) is 17.5 Å². The number of thiazole rings is 1. The van der Waals surface area contributed by atoms with E-state index in [1.54, 1.807) is 0 Å². The van der Waals surface area contributed by atoms with E-state index >= 15 is 0 Å². The van der Waals surface area contributed by atoms with Crippen LogP contribution < -0.4 is 10.1 Å². The molecule has 1 amide bonds. The number of hydrogen-bond donors (Lipinski definition) is 1. The maximum atomic E-state index is 12.3. The first-order chi connectivity index (χ1) is 15.9. The van der Waals surface area contributed by atoms with Crippen LogP contribution in [0.15, 0.2) is 53.1 Å². The van der Waals surface area contributed by atoms with E-state index in [-0.39, 0.29) is 12.3 Å². The molecule has 11 heteroatoms. The van der Waals surface area contributed by atoms with Gasteiger partial charge in [0.2, 0.25) is 5.82 Å². The summed E-state index contributed by atoms with van der Waals surface area (Å²) in [6.45, 7) is 3.65. The molecule has 0 unspecified atom stereocenters. The van der Waals surface area contributed by atoms with Crippen molar-refractivity contribution in [2.45, 2.75) is 20.3 Å². The molecule has 0 saturated heterocycles. The zero-order chi connectivity index (χ0) is 23.4. The topological polar surface area (TPSA) is 133 Å². The zero-order valence-corrected chi connectivity index (χ0v) is 18.6. The van der Waals surface area contributed by atoms with E-state index in [0.29, 0.717) is 33.9 Å². The number of nitrogens with zero attached hydrogens (tertiary/aromatic N) is 4. The van der Waals surface area contributed by atoms with Crippen LogP contribution in [0.5, 0.6) is 5.75 Å². The Labute approximate surface area is 192 Å². The second-order valence-corrected chi connectivity index (χ2v) is 7.97. The molecule has 0 aliphatic carbocycles. The van der Waals surface area contributed by atoms with Crippen LogP contribution in [0.25, 0.3) is 22.2 Å². The second-order valence-electron chi connectivity index (χ2n) is 6.97. The number of non-ortho nitro benzene ring substituents is 1. The van der Waals surface area contributed by atoms with E-state index in [2.05, 4.69) is 20.4 Å². The average molecular weight is 465 g/mol. The molecule has 2 aromatic carbocycles. The highest BCUT2D eigenvalue weighted by atomic mass is 32.1. The SMILES string of the molecule is CCc1nc(NC(=O)COc2ccc([N+](=O)[O-])cc2)sc1-c1nc(-c2ccccc2C)no1. The molecule has 0 spiro atoms. The minimum atomic E-state index is -0.505. The summed E-state index contributed by atoms with van der Waals surface area (Å²) in [5, 5.41) is 17.9. The molecule has 0 aliphatic rings. The number of nitrogens with one attached hydrogen (secondary N) is 1. The summed E-state index contributed by atoms with van der Waals surface area (Å²) in [6, 6.07) is 13.2. The number of carbonyl (C=O) groups excluding carboxylic acids is 1. The Morgan fingerprint density at radius 3 is 2.64 bits per heavy atom. The lowest BCUT2D eigenvalue weighted by Gasteiger charge is -2.05. The summed E-state index contributed by atoms with van der Waals surface area (Å²) in [7, 11) is 0. The average Bonchev–Trinajstić information content (AvgIpc) is 3.45. The number of ether oxygens (including phenoxy) is 1. The molecule has 4 aromatic rings. The van der Waals surface area contributed by atoms with Gasteiger partial charge in [0.1, 0.15) is 10.6 Å². The second kappa shape index (κ2) is 9.57. The summed E-state index contributed by atoms with van der Waals surface area (Å²) < 4.78 is 10.9. The Hall–Kier alpha value is -4.12. The molecular weight excluding hydrogens is 446 g/mol. The maximum Gasteiger partial charge on any atom is 0.270 e. The number of amides is 1. The summed E-state index contributed by atoms with van der Waals surface area (Å²) in [4.78, 5) is 32.2. The molecule has 0 bridgehead atoms. The van der Waals surface area contributed by atoms with E-state index < -0.39 is 10.8 Å². The van der Waals surface area contributed by atoms with Crippen LogP contribution in [-0.2, 0) is 11.2 Å². The molecule has 0 aliphatic heterocycles. The highest BCUT2D eigenvalue weighted by Crippen LogP contribution is 2.34. The Morgan fingerprint density at radius 2 is 1.94 bits per heavy atom. The van der Waals surface area contributed by atoms with Crippen molar-refractivity contribution >= 4 is 28.1 Å². The lowest BCUT2D eigenvalue weighted by atomic mass is 10.1. The van der Waals surface area contributed by atoms with Gasteiger partial charge in [0, 0.05) is 17.7 Å². The highest BCUT2D eigenvalue weighted by molar-refractivity contribution is 7.19. The minimum Gasteiger partial charge on any atom is -0.484 e. The van der Waals surface area contributed by atoms with Gasteiger partial charge in [-0.1, -0.05) is 47.7 Å². The number of nitro groups is 1. The molecule has 2 aromatic heterocycles. The van der Waals surface area contributed by atoms with Crippen molar-refractivity contribution < 1.29 is 19.0 Å². The van der Waals surface area contributed by atoms with E-state index in [0.717, 1.165) is 16.8 Å². The Balaban J connectivity index is 1.44. The highest BCUT2D eigenvalue weighted by Gasteiger charge is 2.20. The molecule has 2 heterocycles. The predicted molar refractivity (Wildman–Crippen MR) is 122 cm³/mol. The van der Waals surface area contributed by atoms with Crippen LogP contribution >= 0.6 is 11.3 Å². The van der Waals surface area contributed by atoms with E-state index in [1.807, 2.05) is 38.1 Å². The lowest BCUT2D eigenvalue weighted by Crippen LogP contribution is -2.20. The van der Waals surface area contributed by atoms with Gasteiger partial charge in [0.15, 0.2) is 11.7 Å². The quantitative estimate of drug-likeness (QED) is 0.293. The normalized spacial score (nSPS) is 10.7. The van der Waals surface area contributed by atoms with Crippen LogP contribution in [0.2, 0.25) is 0 Å². The van der Waals surface area contributed by atoms with Gasteiger partial charge >= 0.3 is 0 Å². The molecule has 4 rings (SSSR count). The predicted octanol–water partition coefficient (Wildman–Crippen LogP) is 4.66. The van der Waals surface area contributed by atoms with Crippen molar-refractivity contribution in [3.05, 3.63) is 69.9 Å². The van der Waals surface area contributed by atoms with Crippen molar-refractivity contribution in [1.82, 2.24) is 15.1 Å². The van der Waals surface area contributed by atoms with Crippen LogP contribution in [0.3, 0.4) is 0 Å². The molecule has 0 fully saturated rings. The number of aryl methyl sites for hydroxylation is 2. The zero-order valence-electron chi connectivity index (χ0n) is 17.8. The standard InChI is InChI=1S/C22H19N5O5S/c1-3-17-19(21-25-20(26-32-21)16-7-5-4-6-13(16)2)33-22(23-17)24-18(28)12-31-15-10-8-14(9-11-15)27(29)30/h4-11H,3,12H2,1-2H3,(H,23,24,28). The lowest BCUT2D eigenvalue weighted by molar-refractivity contribution is -0.384. The number of hydrogen-bond acceptors (Lipinski definition) is 9. The summed E-state index contributed by atoms with van der Waals surface area (Å²) in [5.74, 6) is 0.757. The van der Waals surface area contributed by atoms with Gasteiger partial charge in [-0.3, -0.25) is 20.2 Å². The van der Waals surface area contributed by atoms with Gasteiger partial charge in [0.05, 0.1) is 10.6 Å². The minimum absolute atomic E-state index is 0.0548. The molecular formula is C22H19N5O5S. The summed E-state index contributed by atoms with van der Waals surface area (Å²) in [5.41, 5.74) is 2.59. The first-order valence-corrected chi connectivity index (χ1v) is 10.8. The molecule has 1 N–H and O–H groups in total. The van der Waals surface area contributed by atoms with Crippen LogP contribution in [0.1, 0.15) is 18.2 Å². The maximum absolute atomic E-state index is 12.3. The third-order valence-electron chi connectivity index (χ3n) is 4.70. The molecule has 10 nitrogen and oxygen atoms in total. The van der Waals surface area contributed by atoms with Gasteiger partial charge in [-0.25, -0.2) is 4.98 Å². The number of aromatic nitrogens is 3. The molecule has 168 valence electrons. The van der Waals surface area contributed by atoms with Crippen LogP contribution in [0.4, 0.5) is 10.8 Å². The van der Waals surface area contributed by atoms with Crippen molar-refractivity contribution in [2.75, 3.05) is 11.9 Å². The van der Waals surface area contributed by atoms with Gasteiger partial charge < -0.3 is 9.26 Å². The van der Waals surface area contributed by atoms with Gasteiger partial charge in [-0.15, -0.1) is 0 Å². The first-order valence-electron chi connectivity index (χ1n) is 10.0. The van der Waals surface area contributed by atoms with Crippen molar-refractivity contribution in [3.63, 3.8) is 0 Å². The van der Waals surface area contributed by atoms with Crippen molar-refractivity contribution in [2.24, 2.45) is 0 Å². The van der Waals surface area contributed by atoms with Crippen LogP contribution in [0, 0.1) is 17.0 Å². The molecule has 0 radical (unpaired) electrons. The Morgan fingerprint density at radius 1 is 1.18 bits per heavy atom. The Kier molecular flexibility index (Phi) is 6.41. The summed E-state index contributed by atoms with van der Waals surface area (Å²) >= 11 is 1.24. The molecule has 0 atom stereocenters. The number of nitro benzene ring substituents is 1. The fourth-order valence-corrected chi connectivity index (χ4v) is 4.02. The Bertz CT molecular complexity index is 1300.